The fourth-order valence-electron chi connectivity index (χ4n) is 1.93. The molecule has 1 heterocycles. The lowest BCUT2D eigenvalue weighted by Crippen LogP contribution is -2.46. The summed E-state index contributed by atoms with van der Waals surface area (Å²) in [6.07, 6.45) is 3.30. The van der Waals surface area contributed by atoms with Gasteiger partial charge in [-0.05, 0) is 19.4 Å². The van der Waals surface area contributed by atoms with Crippen molar-refractivity contribution < 1.29 is 9.84 Å². The van der Waals surface area contributed by atoms with Gasteiger partial charge in [0.1, 0.15) is 0 Å². The maximum Gasteiger partial charge on any atom is 0.0740 e. The maximum absolute atomic E-state index is 9.93. The quantitative estimate of drug-likeness (QED) is 0.683. The summed E-state index contributed by atoms with van der Waals surface area (Å²) in [6.45, 7) is 3.71. The number of nitrogens with one attached hydrogen (secondary N) is 1. The van der Waals surface area contributed by atoms with E-state index in [4.69, 9.17) is 4.74 Å². The highest BCUT2D eigenvalue weighted by Crippen LogP contribution is 2.16. The van der Waals surface area contributed by atoms with Crippen LogP contribution >= 0.6 is 0 Å². The van der Waals surface area contributed by atoms with Gasteiger partial charge in [0.25, 0.3) is 0 Å². The first kappa shape index (κ1) is 11.0. The molecule has 0 radical (unpaired) electrons. The number of hydrogen-bond acceptors (Lipinski definition) is 3. The Hall–Kier alpha value is -0.120. The van der Waals surface area contributed by atoms with Crippen molar-refractivity contribution in [3.8, 4) is 0 Å². The van der Waals surface area contributed by atoms with Crippen molar-refractivity contribution in [2.45, 2.75) is 38.3 Å². The summed E-state index contributed by atoms with van der Waals surface area (Å²) >= 11 is 0. The molecule has 1 saturated heterocycles. The highest BCUT2D eigenvalue weighted by molar-refractivity contribution is 4.82. The van der Waals surface area contributed by atoms with Crippen molar-refractivity contribution in [1.82, 2.24) is 5.32 Å². The molecule has 3 unspecified atom stereocenters. The number of aliphatic hydroxyl groups excluding tert-OH is 1. The zero-order valence-corrected chi connectivity index (χ0v) is 8.62. The molecule has 0 bridgehead atoms. The molecule has 3 atom stereocenters. The third-order valence-electron chi connectivity index (χ3n) is 2.77. The second-order valence-electron chi connectivity index (χ2n) is 3.98. The molecule has 0 aliphatic carbocycles. The zero-order valence-electron chi connectivity index (χ0n) is 8.62. The molecule has 1 fully saturated rings. The smallest absolute Gasteiger partial charge is 0.0740 e. The molecule has 0 spiro atoms. The van der Waals surface area contributed by atoms with E-state index < -0.39 is 0 Å². The monoisotopic (exact) mass is 187 g/mol. The van der Waals surface area contributed by atoms with E-state index in [-0.39, 0.29) is 18.1 Å². The minimum absolute atomic E-state index is 0.223. The van der Waals surface area contributed by atoms with Crippen LogP contribution in [0.3, 0.4) is 0 Å². The van der Waals surface area contributed by atoms with Crippen LogP contribution in [0.1, 0.15) is 26.2 Å². The lowest BCUT2D eigenvalue weighted by Gasteiger charge is -2.31. The predicted octanol–water partition coefficient (Wildman–Crippen LogP) is 0.772. The minimum atomic E-state index is -0.264. The normalized spacial score (nSPS) is 28.4. The molecular weight excluding hydrogens is 166 g/mol. The van der Waals surface area contributed by atoms with Crippen LogP contribution in [-0.2, 0) is 4.74 Å². The summed E-state index contributed by atoms with van der Waals surface area (Å²) in [5.41, 5.74) is 0. The van der Waals surface area contributed by atoms with Gasteiger partial charge in [0.05, 0.1) is 12.7 Å². The van der Waals surface area contributed by atoms with Crippen LogP contribution in [0.15, 0.2) is 0 Å². The lowest BCUT2D eigenvalue weighted by molar-refractivity contribution is 0.0256. The Morgan fingerprint density at radius 2 is 2.31 bits per heavy atom. The van der Waals surface area contributed by atoms with Gasteiger partial charge in [-0.1, -0.05) is 13.3 Å². The minimum Gasteiger partial charge on any atom is -0.391 e. The zero-order chi connectivity index (χ0) is 9.68. The average Bonchev–Trinajstić information content (AvgIpc) is 2.18. The van der Waals surface area contributed by atoms with E-state index in [2.05, 4.69) is 5.32 Å². The summed E-state index contributed by atoms with van der Waals surface area (Å²) in [5.74, 6) is 0.223. The van der Waals surface area contributed by atoms with Crippen LogP contribution < -0.4 is 5.32 Å². The molecule has 0 aromatic rings. The Morgan fingerprint density at radius 3 is 2.85 bits per heavy atom. The third kappa shape index (κ3) is 3.25. The molecule has 78 valence electrons. The second kappa shape index (κ2) is 5.58. The molecule has 0 amide bonds. The van der Waals surface area contributed by atoms with Crippen LogP contribution in [0.25, 0.3) is 0 Å². The molecule has 0 saturated carbocycles. The number of aliphatic hydroxyl groups is 1. The fourth-order valence-corrected chi connectivity index (χ4v) is 1.93. The van der Waals surface area contributed by atoms with Gasteiger partial charge >= 0.3 is 0 Å². The summed E-state index contributed by atoms with van der Waals surface area (Å²) in [5, 5.41) is 13.3. The number of hydrogen-bond donors (Lipinski definition) is 2. The van der Waals surface area contributed by atoms with Crippen molar-refractivity contribution in [2.75, 3.05) is 20.3 Å². The molecule has 13 heavy (non-hydrogen) atoms. The van der Waals surface area contributed by atoms with Gasteiger partial charge in [-0.3, -0.25) is 0 Å². The van der Waals surface area contributed by atoms with Gasteiger partial charge in [0.2, 0.25) is 0 Å². The van der Waals surface area contributed by atoms with Gasteiger partial charge in [0.15, 0.2) is 0 Å². The van der Waals surface area contributed by atoms with Crippen molar-refractivity contribution in [3.63, 3.8) is 0 Å². The highest BCUT2D eigenvalue weighted by Gasteiger charge is 2.25. The lowest BCUT2D eigenvalue weighted by atomic mass is 9.92. The van der Waals surface area contributed by atoms with Crippen LogP contribution in [0.4, 0.5) is 0 Å². The first-order chi connectivity index (χ1) is 6.25. The maximum atomic E-state index is 9.93. The van der Waals surface area contributed by atoms with Gasteiger partial charge in [-0.2, -0.15) is 0 Å². The van der Waals surface area contributed by atoms with Crippen LogP contribution in [0, 0.1) is 5.92 Å². The molecule has 3 heteroatoms. The molecule has 0 aromatic heterocycles. The van der Waals surface area contributed by atoms with Gasteiger partial charge < -0.3 is 15.2 Å². The summed E-state index contributed by atoms with van der Waals surface area (Å²) in [6, 6.07) is 0.277. The van der Waals surface area contributed by atoms with Crippen molar-refractivity contribution in [2.24, 2.45) is 5.92 Å². The van der Waals surface area contributed by atoms with E-state index >= 15 is 0 Å². The van der Waals surface area contributed by atoms with Crippen molar-refractivity contribution in [3.05, 3.63) is 0 Å². The molecule has 2 N–H and O–H groups in total. The number of ether oxygens (including phenoxy) is 1. The van der Waals surface area contributed by atoms with E-state index in [1.807, 2.05) is 6.92 Å². The number of methoxy groups -OCH3 is 1. The van der Waals surface area contributed by atoms with Gasteiger partial charge in [0, 0.05) is 19.1 Å². The Kier molecular flexibility index (Phi) is 4.70. The number of piperidine rings is 1. The van der Waals surface area contributed by atoms with Crippen LogP contribution in [-0.4, -0.2) is 37.5 Å². The Bertz CT molecular complexity index is 135. The molecule has 1 rings (SSSR count). The standard InChI is InChI=1S/C10H21NO2/c1-8(7-13-2)10(12)9-5-3-4-6-11-9/h8-12H,3-7H2,1-2H3. The molecule has 1 aliphatic rings. The van der Waals surface area contributed by atoms with E-state index in [0.29, 0.717) is 6.61 Å². The van der Waals surface area contributed by atoms with Crippen molar-refractivity contribution >= 4 is 0 Å². The largest absolute Gasteiger partial charge is 0.391 e. The van der Waals surface area contributed by atoms with Crippen LogP contribution in [0.2, 0.25) is 0 Å². The molecule has 0 aromatic carbocycles. The number of rotatable bonds is 4. The average molecular weight is 187 g/mol. The van der Waals surface area contributed by atoms with E-state index in [1.54, 1.807) is 7.11 Å². The first-order valence-corrected chi connectivity index (χ1v) is 5.16. The molecule has 3 nitrogen and oxygen atoms in total. The Labute approximate surface area is 80.5 Å². The third-order valence-corrected chi connectivity index (χ3v) is 2.77. The SMILES string of the molecule is COCC(C)C(O)C1CCCCN1. The fraction of sp³-hybridized carbons (Fsp3) is 1.00. The van der Waals surface area contributed by atoms with Crippen LogP contribution in [0.5, 0.6) is 0 Å². The molecular formula is C10H21NO2. The summed E-state index contributed by atoms with van der Waals surface area (Å²) in [4.78, 5) is 0. The Morgan fingerprint density at radius 1 is 1.54 bits per heavy atom. The predicted molar refractivity (Wildman–Crippen MR) is 52.7 cm³/mol. The van der Waals surface area contributed by atoms with Gasteiger partial charge in [-0.25, -0.2) is 0 Å². The van der Waals surface area contributed by atoms with E-state index in [1.165, 1.54) is 12.8 Å². The first-order valence-electron chi connectivity index (χ1n) is 5.16. The van der Waals surface area contributed by atoms with Gasteiger partial charge in [-0.15, -0.1) is 0 Å². The van der Waals surface area contributed by atoms with Crippen molar-refractivity contribution in [1.29, 1.82) is 0 Å². The highest BCUT2D eigenvalue weighted by atomic mass is 16.5. The van der Waals surface area contributed by atoms with E-state index in [9.17, 15) is 5.11 Å². The van der Waals surface area contributed by atoms with E-state index in [0.717, 1.165) is 13.0 Å². The Balaban J connectivity index is 2.31. The molecule has 1 aliphatic heterocycles. The topological polar surface area (TPSA) is 41.5 Å². The second-order valence-corrected chi connectivity index (χ2v) is 3.98. The summed E-state index contributed by atoms with van der Waals surface area (Å²) < 4.78 is 5.03. The summed E-state index contributed by atoms with van der Waals surface area (Å²) in [7, 11) is 1.68.